The van der Waals surface area contributed by atoms with Crippen molar-refractivity contribution in [2.45, 2.75) is 32.4 Å². The van der Waals surface area contributed by atoms with Crippen LogP contribution >= 0.6 is 0 Å². The van der Waals surface area contributed by atoms with Crippen LogP contribution in [0.2, 0.25) is 0 Å². The molecule has 112 valence electrons. The first kappa shape index (κ1) is 14.9. The molecule has 1 aliphatic carbocycles. The van der Waals surface area contributed by atoms with Crippen LogP contribution in [0.1, 0.15) is 31.9 Å². The number of aromatic nitrogens is 2. The lowest BCUT2D eigenvalue weighted by Crippen LogP contribution is -2.23. The maximum atomic E-state index is 12.9. The molecule has 0 aliphatic heterocycles. The third-order valence-electron chi connectivity index (χ3n) is 3.16. The van der Waals surface area contributed by atoms with E-state index in [-0.39, 0.29) is 5.95 Å². The Kier molecular flexibility index (Phi) is 4.35. The van der Waals surface area contributed by atoms with E-state index < -0.39 is 11.9 Å². The molecule has 0 spiro atoms. The first-order valence-electron chi connectivity index (χ1n) is 6.81. The molecule has 1 fully saturated rings. The quantitative estimate of drug-likeness (QED) is 0.873. The molecular weight excluding hydrogens is 269 g/mol. The van der Waals surface area contributed by atoms with E-state index in [1.807, 2.05) is 6.92 Å². The van der Waals surface area contributed by atoms with Crippen molar-refractivity contribution in [3.8, 4) is 0 Å². The van der Waals surface area contributed by atoms with Crippen molar-refractivity contribution in [2.75, 3.05) is 30.4 Å². The van der Waals surface area contributed by atoms with Crippen LogP contribution in [-0.2, 0) is 6.18 Å². The van der Waals surface area contributed by atoms with Crippen molar-refractivity contribution in [3.05, 3.63) is 11.8 Å². The Morgan fingerprint density at radius 1 is 1.35 bits per heavy atom. The Bertz CT molecular complexity index is 457. The summed E-state index contributed by atoms with van der Waals surface area (Å²) >= 11 is 0. The van der Waals surface area contributed by atoms with Crippen molar-refractivity contribution in [3.63, 3.8) is 0 Å². The number of hydrogen-bond donors (Lipinski definition) is 1. The predicted octanol–water partition coefficient (Wildman–Crippen LogP) is 3.16. The lowest BCUT2D eigenvalue weighted by Gasteiger charge is -2.20. The van der Waals surface area contributed by atoms with Gasteiger partial charge in [-0.1, -0.05) is 6.92 Å². The number of nitrogens with zero attached hydrogens (tertiary/aromatic N) is 3. The normalized spacial score (nSPS) is 15.2. The van der Waals surface area contributed by atoms with Gasteiger partial charge in [0.15, 0.2) is 5.69 Å². The zero-order valence-corrected chi connectivity index (χ0v) is 11.7. The van der Waals surface area contributed by atoms with E-state index in [9.17, 15) is 13.2 Å². The molecule has 1 aromatic rings. The minimum absolute atomic E-state index is 0.0410. The molecule has 1 aromatic heterocycles. The van der Waals surface area contributed by atoms with Gasteiger partial charge in [0.1, 0.15) is 5.82 Å². The SMILES string of the molecule is CCCNc1nc(N(C)CC2CC2)cc(C(F)(F)F)n1. The van der Waals surface area contributed by atoms with Crippen LogP contribution in [0.25, 0.3) is 0 Å². The average Bonchev–Trinajstić information content (AvgIpc) is 3.18. The topological polar surface area (TPSA) is 41.1 Å². The second-order valence-electron chi connectivity index (χ2n) is 5.18. The Labute approximate surface area is 116 Å². The van der Waals surface area contributed by atoms with Gasteiger partial charge in [-0.05, 0) is 25.2 Å². The Hall–Kier alpha value is -1.53. The molecule has 1 N–H and O–H groups in total. The first-order chi connectivity index (χ1) is 9.40. The van der Waals surface area contributed by atoms with E-state index in [1.54, 1.807) is 11.9 Å². The average molecular weight is 288 g/mol. The van der Waals surface area contributed by atoms with Gasteiger partial charge in [0.05, 0.1) is 0 Å². The molecule has 7 heteroatoms. The highest BCUT2D eigenvalue weighted by atomic mass is 19.4. The number of hydrogen-bond acceptors (Lipinski definition) is 4. The molecule has 1 aliphatic rings. The second-order valence-corrected chi connectivity index (χ2v) is 5.18. The third-order valence-corrected chi connectivity index (χ3v) is 3.16. The minimum Gasteiger partial charge on any atom is -0.359 e. The Balaban J connectivity index is 2.23. The van der Waals surface area contributed by atoms with Crippen LogP contribution < -0.4 is 10.2 Å². The van der Waals surface area contributed by atoms with Crippen molar-refractivity contribution >= 4 is 11.8 Å². The summed E-state index contributed by atoms with van der Waals surface area (Å²) < 4.78 is 38.6. The Morgan fingerprint density at radius 2 is 2.05 bits per heavy atom. The zero-order chi connectivity index (χ0) is 14.8. The molecule has 20 heavy (non-hydrogen) atoms. The fraction of sp³-hybridized carbons (Fsp3) is 0.692. The standard InChI is InChI=1S/C13H19F3N4/c1-3-6-17-12-18-10(13(14,15)16)7-11(19-12)20(2)8-9-4-5-9/h7,9H,3-6,8H2,1-2H3,(H,17,18,19). The summed E-state index contributed by atoms with van der Waals surface area (Å²) in [6, 6.07) is 1.01. The van der Waals surface area contributed by atoms with Crippen LogP contribution in [0, 0.1) is 5.92 Å². The first-order valence-corrected chi connectivity index (χ1v) is 6.81. The van der Waals surface area contributed by atoms with Gasteiger partial charge in [-0.3, -0.25) is 0 Å². The molecule has 0 amide bonds. The van der Waals surface area contributed by atoms with Crippen LogP contribution in [0.4, 0.5) is 24.9 Å². The number of halogens is 3. The summed E-state index contributed by atoms with van der Waals surface area (Å²) in [6.45, 7) is 3.22. The highest BCUT2D eigenvalue weighted by molar-refractivity contribution is 5.45. The Morgan fingerprint density at radius 3 is 2.60 bits per heavy atom. The van der Waals surface area contributed by atoms with Gasteiger partial charge in [0, 0.05) is 26.2 Å². The molecular formula is C13H19F3N4. The summed E-state index contributed by atoms with van der Waals surface area (Å²) in [4.78, 5) is 9.48. The van der Waals surface area contributed by atoms with Crippen LogP contribution in [0.5, 0.6) is 0 Å². The largest absolute Gasteiger partial charge is 0.433 e. The van der Waals surface area contributed by atoms with Crippen molar-refractivity contribution in [2.24, 2.45) is 5.92 Å². The highest BCUT2D eigenvalue weighted by Gasteiger charge is 2.34. The molecule has 0 unspecified atom stereocenters. The van der Waals surface area contributed by atoms with E-state index in [0.717, 1.165) is 31.9 Å². The molecule has 1 saturated carbocycles. The van der Waals surface area contributed by atoms with E-state index in [0.29, 0.717) is 18.3 Å². The fourth-order valence-corrected chi connectivity index (χ4v) is 1.87. The van der Waals surface area contributed by atoms with Crippen molar-refractivity contribution in [1.82, 2.24) is 9.97 Å². The summed E-state index contributed by atoms with van der Waals surface area (Å²) in [6.07, 6.45) is -1.38. The smallest absolute Gasteiger partial charge is 0.359 e. The van der Waals surface area contributed by atoms with Gasteiger partial charge < -0.3 is 10.2 Å². The summed E-state index contributed by atoms with van der Waals surface area (Å²) in [5, 5.41) is 2.82. The molecule has 2 rings (SSSR count). The van der Waals surface area contributed by atoms with Crippen LogP contribution in [0.3, 0.4) is 0 Å². The zero-order valence-electron chi connectivity index (χ0n) is 11.7. The van der Waals surface area contributed by atoms with Gasteiger partial charge in [-0.15, -0.1) is 0 Å². The van der Waals surface area contributed by atoms with E-state index in [2.05, 4.69) is 15.3 Å². The number of rotatable bonds is 6. The maximum Gasteiger partial charge on any atom is 0.433 e. The number of alkyl halides is 3. The van der Waals surface area contributed by atoms with E-state index in [4.69, 9.17) is 0 Å². The number of nitrogens with one attached hydrogen (secondary N) is 1. The molecule has 0 atom stereocenters. The molecule has 1 heterocycles. The summed E-state index contributed by atoms with van der Waals surface area (Å²) in [5.41, 5.74) is -0.899. The van der Waals surface area contributed by atoms with Gasteiger partial charge in [0.2, 0.25) is 5.95 Å². The van der Waals surface area contributed by atoms with Gasteiger partial charge in [0.25, 0.3) is 0 Å². The number of anilines is 2. The molecule has 0 bridgehead atoms. The molecule has 0 aromatic carbocycles. The third kappa shape index (κ3) is 3.98. The van der Waals surface area contributed by atoms with E-state index >= 15 is 0 Å². The van der Waals surface area contributed by atoms with Crippen LogP contribution in [0.15, 0.2) is 6.07 Å². The van der Waals surface area contributed by atoms with Gasteiger partial charge >= 0.3 is 6.18 Å². The van der Waals surface area contributed by atoms with Crippen LogP contribution in [-0.4, -0.2) is 30.1 Å². The van der Waals surface area contributed by atoms with Gasteiger partial charge in [-0.25, -0.2) is 4.98 Å². The minimum atomic E-state index is -4.46. The van der Waals surface area contributed by atoms with Crippen molar-refractivity contribution < 1.29 is 13.2 Å². The fourth-order valence-electron chi connectivity index (χ4n) is 1.87. The lowest BCUT2D eigenvalue weighted by molar-refractivity contribution is -0.141. The maximum absolute atomic E-state index is 12.9. The summed E-state index contributed by atoms with van der Waals surface area (Å²) in [5.74, 6) is 0.938. The summed E-state index contributed by atoms with van der Waals surface area (Å²) in [7, 11) is 1.77. The van der Waals surface area contributed by atoms with E-state index in [1.165, 1.54) is 0 Å². The molecule has 0 saturated heterocycles. The lowest BCUT2D eigenvalue weighted by atomic mass is 10.3. The highest BCUT2D eigenvalue weighted by Crippen LogP contribution is 2.33. The molecule has 0 radical (unpaired) electrons. The predicted molar refractivity (Wildman–Crippen MR) is 71.8 cm³/mol. The molecule has 4 nitrogen and oxygen atoms in total. The second kappa shape index (κ2) is 5.85. The monoisotopic (exact) mass is 288 g/mol. The van der Waals surface area contributed by atoms with Gasteiger partial charge in [-0.2, -0.15) is 18.2 Å². The van der Waals surface area contributed by atoms with Crippen molar-refractivity contribution in [1.29, 1.82) is 0 Å².